The second kappa shape index (κ2) is 6.32. The molecule has 2 heterocycles. The van der Waals surface area contributed by atoms with E-state index in [0.717, 1.165) is 31.0 Å². The Bertz CT molecular complexity index is 628. The number of likely N-dealkylation sites (N-methyl/N-ethyl adjacent to an activating group) is 1. The van der Waals surface area contributed by atoms with Crippen LogP contribution in [0, 0.1) is 0 Å². The van der Waals surface area contributed by atoms with Gasteiger partial charge >= 0.3 is 0 Å². The lowest BCUT2D eigenvalue weighted by Crippen LogP contribution is -2.29. The van der Waals surface area contributed by atoms with Crippen molar-refractivity contribution in [2.24, 2.45) is 0 Å². The van der Waals surface area contributed by atoms with Crippen molar-refractivity contribution in [1.82, 2.24) is 25.2 Å². The zero-order valence-electron chi connectivity index (χ0n) is 11.8. The summed E-state index contributed by atoms with van der Waals surface area (Å²) in [7, 11) is 2.01. The molecular weight excluding hydrogens is 309 g/mol. The van der Waals surface area contributed by atoms with Gasteiger partial charge in [0.1, 0.15) is 0 Å². The summed E-state index contributed by atoms with van der Waals surface area (Å²) < 4.78 is 1.73. The molecule has 1 aliphatic rings. The largest absolute Gasteiger partial charge is 0.316 e. The van der Waals surface area contributed by atoms with Gasteiger partial charge in [0.2, 0.25) is 0 Å². The number of nitrogens with zero attached hydrogens (tertiary/aromatic N) is 4. The molecule has 0 spiro atoms. The summed E-state index contributed by atoms with van der Waals surface area (Å²) in [4.78, 5) is 2.38. The standard InChI is InChI=1S/C14H17Cl2N5/c1-17-10-4-5-20(7-10)8-11-9-21(19-18-11)12-2-3-13(15)14(16)6-12/h2-3,6,9-10,17H,4-5,7-8H2,1H3/t10-/m1/s1. The highest BCUT2D eigenvalue weighted by atomic mass is 35.5. The molecule has 7 heteroatoms. The first-order valence-electron chi connectivity index (χ1n) is 6.92. The Hall–Kier alpha value is -1.14. The Balaban J connectivity index is 1.70. The molecular formula is C14H17Cl2N5. The van der Waals surface area contributed by atoms with E-state index in [1.54, 1.807) is 16.8 Å². The second-order valence-electron chi connectivity index (χ2n) is 5.26. The maximum Gasteiger partial charge on any atom is 0.0971 e. The third kappa shape index (κ3) is 3.37. The Kier molecular flexibility index (Phi) is 4.45. The summed E-state index contributed by atoms with van der Waals surface area (Å²) in [5.41, 5.74) is 1.82. The van der Waals surface area contributed by atoms with E-state index in [1.807, 2.05) is 19.3 Å². The second-order valence-corrected chi connectivity index (χ2v) is 6.08. The Labute approximate surface area is 133 Å². The predicted octanol–water partition coefficient (Wildman–Crippen LogP) is 2.37. The molecule has 1 aliphatic heterocycles. The van der Waals surface area contributed by atoms with Crippen LogP contribution in [0.4, 0.5) is 0 Å². The fourth-order valence-electron chi connectivity index (χ4n) is 2.57. The molecule has 1 aromatic carbocycles. The van der Waals surface area contributed by atoms with Crippen LogP contribution in [0.5, 0.6) is 0 Å². The lowest BCUT2D eigenvalue weighted by atomic mass is 10.3. The summed E-state index contributed by atoms with van der Waals surface area (Å²) in [6, 6.07) is 6.00. The fourth-order valence-corrected chi connectivity index (χ4v) is 2.86. The number of aromatic nitrogens is 3. The molecule has 1 aromatic heterocycles. The van der Waals surface area contributed by atoms with Crippen molar-refractivity contribution in [2.75, 3.05) is 20.1 Å². The molecule has 3 rings (SSSR count). The lowest BCUT2D eigenvalue weighted by Gasteiger charge is -2.13. The van der Waals surface area contributed by atoms with Gasteiger partial charge in [-0.15, -0.1) is 5.10 Å². The molecule has 0 bridgehead atoms. The number of benzene rings is 1. The molecule has 112 valence electrons. The molecule has 1 fully saturated rings. The number of nitrogens with one attached hydrogen (secondary N) is 1. The average molecular weight is 326 g/mol. The molecule has 0 amide bonds. The molecule has 0 aliphatic carbocycles. The quantitative estimate of drug-likeness (QED) is 0.937. The molecule has 1 atom stereocenters. The van der Waals surface area contributed by atoms with E-state index in [1.165, 1.54) is 6.42 Å². The highest BCUT2D eigenvalue weighted by molar-refractivity contribution is 6.42. The lowest BCUT2D eigenvalue weighted by molar-refractivity contribution is 0.318. The third-order valence-electron chi connectivity index (χ3n) is 3.77. The Morgan fingerprint density at radius 3 is 2.90 bits per heavy atom. The monoisotopic (exact) mass is 325 g/mol. The number of rotatable bonds is 4. The summed E-state index contributed by atoms with van der Waals surface area (Å²) in [6.07, 6.45) is 3.11. The van der Waals surface area contributed by atoms with Crippen molar-refractivity contribution in [3.63, 3.8) is 0 Å². The van der Waals surface area contributed by atoms with E-state index in [0.29, 0.717) is 16.1 Å². The van der Waals surface area contributed by atoms with E-state index < -0.39 is 0 Å². The van der Waals surface area contributed by atoms with Crippen LogP contribution in [0.15, 0.2) is 24.4 Å². The smallest absolute Gasteiger partial charge is 0.0971 e. The van der Waals surface area contributed by atoms with Crippen LogP contribution in [0.1, 0.15) is 12.1 Å². The molecule has 0 unspecified atom stereocenters. The summed E-state index contributed by atoms with van der Waals surface area (Å²) in [5.74, 6) is 0. The van der Waals surface area contributed by atoms with Gasteiger partial charge in [-0.3, -0.25) is 4.90 Å². The molecule has 21 heavy (non-hydrogen) atoms. The average Bonchev–Trinajstić information content (AvgIpc) is 3.11. The summed E-state index contributed by atoms with van der Waals surface area (Å²) >= 11 is 12.0. The fraction of sp³-hybridized carbons (Fsp3) is 0.429. The van der Waals surface area contributed by atoms with E-state index in [9.17, 15) is 0 Å². The molecule has 1 saturated heterocycles. The van der Waals surface area contributed by atoms with Crippen molar-refractivity contribution in [3.8, 4) is 5.69 Å². The normalized spacial score (nSPS) is 19.3. The van der Waals surface area contributed by atoms with E-state index in [4.69, 9.17) is 23.2 Å². The highest BCUT2D eigenvalue weighted by Gasteiger charge is 2.21. The van der Waals surface area contributed by atoms with Crippen molar-refractivity contribution in [2.45, 2.75) is 19.0 Å². The Morgan fingerprint density at radius 2 is 2.19 bits per heavy atom. The number of hydrogen-bond donors (Lipinski definition) is 1. The minimum atomic E-state index is 0.516. The number of hydrogen-bond acceptors (Lipinski definition) is 4. The van der Waals surface area contributed by atoms with Crippen molar-refractivity contribution in [3.05, 3.63) is 40.1 Å². The van der Waals surface area contributed by atoms with Crippen LogP contribution >= 0.6 is 23.2 Å². The SMILES string of the molecule is CN[C@@H]1CCN(Cc2cn(-c3ccc(Cl)c(Cl)c3)nn2)C1. The minimum Gasteiger partial charge on any atom is -0.316 e. The van der Waals surface area contributed by atoms with Crippen LogP contribution in [0.2, 0.25) is 10.0 Å². The van der Waals surface area contributed by atoms with Crippen LogP contribution in [-0.4, -0.2) is 46.1 Å². The maximum atomic E-state index is 6.03. The van der Waals surface area contributed by atoms with Gasteiger partial charge in [0.25, 0.3) is 0 Å². The van der Waals surface area contributed by atoms with Crippen LogP contribution in [0.25, 0.3) is 5.69 Å². The molecule has 0 radical (unpaired) electrons. The molecule has 5 nitrogen and oxygen atoms in total. The first-order chi connectivity index (χ1) is 10.2. The highest BCUT2D eigenvalue weighted by Crippen LogP contribution is 2.24. The van der Waals surface area contributed by atoms with Gasteiger partial charge in [0.15, 0.2) is 0 Å². The van der Waals surface area contributed by atoms with Crippen LogP contribution in [-0.2, 0) is 6.54 Å². The van der Waals surface area contributed by atoms with Gasteiger partial charge in [-0.2, -0.15) is 0 Å². The molecule has 0 saturated carbocycles. The predicted molar refractivity (Wildman–Crippen MR) is 84.1 cm³/mol. The molecule has 2 aromatic rings. The van der Waals surface area contributed by atoms with Gasteiger partial charge in [0.05, 0.1) is 27.6 Å². The van der Waals surface area contributed by atoms with E-state index in [2.05, 4.69) is 20.5 Å². The van der Waals surface area contributed by atoms with Gasteiger partial charge in [-0.25, -0.2) is 4.68 Å². The number of likely N-dealkylation sites (tertiary alicyclic amines) is 1. The molecule has 1 N–H and O–H groups in total. The maximum absolute atomic E-state index is 6.03. The number of halogens is 2. The zero-order chi connectivity index (χ0) is 14.8. The van der Waals surface area contributed by atoms with Gasteiger partial charge < -0.3 is 5.32 Å². The summed E-state index contributed by atoms with van der Waals surface area (Å²) in [5, 5.41) is 12.8. The van der Waals surface area contributed by atoms with Crippen LogP contribution in [0.3, 0.4) is 0 Å². The van der Waals surface area contributed by atoms with E-state index in [-0.39, 0.29) is 0 Å². The third-order valence-corrected chi connectivity index (χ3v) is 4.51. The first-order valence-corrected chi connectivity index (χ1v) is 7.67. The van der Waals surface area contributed by atoms with Gasteiger partial charge in [-0.05, 0) is 31.7 Å². The van der Waals surface area contributed by atoms with Gasteiger partial charge in [0, 0.05) is 25.7 Å². The van der Waals surface area contributed by atoms with Crippen molar-refractivity contribution in [1.29, 1.82) is 0 Å². The first kappa shape index (κ1) is 14.8. The topological polar surface area (TPSA) is 46.0 Å². The van der Waals surface area contributed by atoms with Crippen molar-refractivity contribution < 1.29 is 0 Å². The van der Waals surface area contributed by atoms with E-state index >= 15 is 0 Å². The minimum absolute atomic E-state index is 0.516. The van der Waals surface area contributed by atoms with Crippen LogP contribution < -0.4 is 5.32 Å². The zero-order valence-corrected chi connectivity index (χ0v) is 13.3. The summed E-state index contributed by atoms with van der Waals surface area (Å²) in [6.45, 7) is 2.96. The van der Waals surface area contributed by atoms with Crippen molar-refractivity contribution >= 4 is 23.2 Å². The van der Waals surface area contributed by atoms with Gasteiger partial charge in [-0.1, -0.05) is 28.4 Å². The Morgan fingerprint density at radius 1 is 1.33 bits per heavy atom.